The highest BCUT2D eigenvalue weighted by molar-refractivity contribution is 6.69. The lowest BCUT2D eigenvalue weighted by atomic mass is 10.2. The first-order valence-electron chi connectivity index (χ1n) is 7.95. The van der Waals surface area contributed by atoms with Gasteiger partial charge in [0.05, 0.1) is 13.2 Å². The fraction of sp³-hybridized carbons (Fsp3) is 0.812. The number of rotatable bonds is 8. The van der Waals surface area contributed by atoms with Crippen LogP contribution in [0, 0.1) is 0 Å². The molecule has 0 bridgehead atoms. The Morgan fingerprint density at radius 1 is 1.27 bits per heavy atom. The van der Waals surface area contributed by atoms with E-state index in [2.05, 4.69) is 19.6 Å². The smallest absolute Gasteiger partial charge is 0.306 e. The maximum Gasteiger partial charge on any atom is 0.306 e. The summed E-state index contributed by atoms with van der Waals surface area (Å²) in [7, 11) is -1.58. The maximum atomic E-state index is 11.3. The molecule has 1 rings (SSSR count). The third kappa shape index (κ3) is 7.53. The Labute approximate surface area is 135 Å². The van der Waals surface area contributed by atoms with Gasteiger partial charge in [0.15, 0.2) is 14.1 Å². The first kappa shape index (κ1) is 19.4. The van der Waals surface area contributed by atoms with Crippen LogP contribution in [0.25, 0.3) is 0 Å². The second kappa shape index (κ2) is 8.24. The molecule has 1 aliphatic heterocycles. The number of ether oxygens (including phenoxy) is 3. The minimum absolute atomic E-state index is 0.111. The van der Waals surface area contributed by atoms with Crippen molar-refractivity contribution >= 4 is 14.3 Å². The monoisotopic (exact) mass is 330 g/mol. The average Bonchev–Trinajstić information content (AvgIpc) is 2.66. The molecule has 5 nitrogen and oxygen atoms in total. The van der Waals surface area contributed by atoms with Crippen LogP contribution in [0.1, 0.15) is 33.6 Å². The Hall–Kier alpha value is -0.693. The van der Waals surface area contributed by atoms with Crippen molar-refractivity contribution in [1.29, 1.82) is 0 Å². The van der Waals surface area contributed by atoms with Crippen molar-refractivity contribution in [2.24, 2.45) is 0 Å². The number of hydrogen-bond donors (Lipinski definition) is 0. The zero-order valence-electron chi connectivity index (χ0n) is 14.7. The molecule has 1 saturated heterocycles. The number of allylic oxidation sites excluding steroid dienone is 1. The molecule has 2 unspecified atom stereocenters. The van der Waals surface area contributed by atoms with E-state index in [0.717, 1.165) is 0 Å². The highest BCUT2D eigenvalue weighted by Gasteiger charge is 2.40. The van der Waals surface area contributed by atoms with Gasteiger partial charge in [-0.25, -0.2) is 0 Å². The standard InChI is InChI=1S/C16H30O5Si/c1-7-18-15(17)11-9-8-10-13-14(12-19-22(4,5)6)21-16(2,3)20-13/h8,10,13-14H,7,9,11-12H2,1-6H3. The summed E-state index contributed by atoms with van der Waals surface area (Å²) in [5, 5.41) is 0. The van der Waals surface area contributed by atoms with Crippen LogP contribution in [0.15, 0.2) is 12.2 Å². The summed E-state index contributed by atoms with van der Waals surface area (Å²) in [4.78, 5) is 11.3. The fourth-order valence-electron chi connectivity index (χ4n) is 2.15. The van der Waals surface area contributed by atoms with Gasteiger partial charge in [0.1, 0.15) is 12.2 Å². The Morgan fingerprint density at radius 2 is 1.95 bits per heavy atom. The van der Waals surface area contributed by atoms with Crippen molar-refractivity contribution in [2.45, 2.75) is 71.2 Å². The van der Waals surface area contributed by atoms with Crippen LogP contribution < -0.4 is 0 Å². The summed E-state index contributed by atoms with van der Waals surface area (Å²) >= 11 is 0. The van der Waals surface area contributed by atoms with Gasteiger partial charge in [-0.1, -0.05) is 12.2 Å². The summed E-state index contributed by atoms with van der Waals surface area (Å²) in [6.45, 7) is 13.0. The molecule has 0 amide bonds. The lowest BCUT2D eigenvalue weighted by Crippen LogP contribution is -2.34. The minimum atomic E-state index is -1.58. The number of hydrogen-bond acceptors (Lipinski definition) is 5. The zero-order chi connectivity index (χ0) is 16.8. The number of carbonyl (C=O) groups excluding carboxylic acids is 1. The van der Waals surface area contributed by atoms with E-state index in [4.69, 9.17) is 18.6 Å². The highest BCUT2D eigenvalue weighted by Crippen LogP contribution is 2.29. The zero-order valence-corrected chi connectivity index (χ0v) is 15.7. The quantitative estimate of drug-likeness (QED) is 0.388. The van der Waals surface area contributed by atoms with Crippen molar-refractivity contribution in [3.63, 3.8) is 0 Å². The minimum Gasteiger partial charge on any atom is -0.466 e. The van der Waals surface area contributed by atoms with Gasteiger partial charge >= 0.3 is 5.97 Å². The van der Waals surface area contributed by atoms with E-state index < -0.39 is 14.1 Å². The van der Waals surface area contributed by atoms with Gasteiger partial charge in [-0.2, -0.15) is 0 Å². The second-order valence-corrected chi connectivity index (χ2v) is 11.3. The van der Waals surface area contributed by atoms with Gasteiger partial charge in [-0.3, -0.25) is 4.79 Å². The number of carbonyl (C=O) groups is 1. The van der Waals surface area contributed by atoms with Crippen LogP contribution in [0.3, 0.4) is 0 Å². The lowest BCUT2D eigenvalue weighted by Gasteiger charge is -2.22. The summed E-state index contributed by atoms with van der Waals surface area (Å²) in [6, 6.07) is 0. The molecule has 0 spiro atoms. The van der Waals surface area contributed by atoms with E-state index >= 15 is 0 Å². The van der Waals surface area contributed by atoms with E-state index in [1.54, 1.807) is 0 Å². The van der Waals surface area contributed by atoms with Gasteiger partial charge in [0.25, 0.3) is 0 Å². The molecule has 1 aliphatic rings. The van der Waals surface area contributed by atoms with Gasteiger partial charge in [0.2, 0.25) is 0 Å². The van der Waals surface area contributed by atoms with E-state index in [1.807, 2.05) is 32.9 Å². The van der Waals surface area contributed by atoms with Crippen LogP contribution in [-0.2, 0) is 23.4 Å². The van der Waals surface area contributed by atoms with Crippen molar-refractivity contribution in [2.75, 3.05) is 13.2 Å². The van der Waals surface area contributed by atoms with Crippen molar-refractivity contribution in [1.82, 2.24) is 0 Å². The van der Waals surface area contributed by atoms with Gasteiger partial charge in [-0.15, -0.1) is 0 Å². The molecule has 0 radical (unpaired) electrons. The predicted octanol–water partition coefficient (Wildman–Crippen LogP) is 3.26. The fourth-order valence-corrected chi connectivity index (χ4v) is 2.82. The van der Waals surface area contributed by atoms with Crippen molar-refractivity contribution in [3.05, 3.63) is 12.2 Å². The Balaban J connectivity index is 2.48. The second-order valence-electron chi connectivity index (χ2n) is 6.83. The van der Waals surface area contributed by atoms with E-state index in [0.29, 0.717) is 26.1 Å². The molecule has 2 atom stereocenters. The molecule has 0 aromatic carbocycles. The first-order chi connectivity index (χ1) is 10.1. The lowest BCUT2D eigenvalue weighted by molar-refractivity contribution is -0.146. The van der Waals surface area contributed by atoms with E-state index in [9.17, 15) is 4.79 Å². The van der Waals surface area contributed by atoms with Gasteiger partial charge in [0, 0.05) is 6.42 Å². The maximum absolute atomic E-state index is 11.3. The van der Waals surface area contributed by atoms with Crippen molar-refractivity contribution in [3.8, 4) is 0 Å². The van der Waals surface area contributed by atoms with Crippen LogP contribution in [0.5, 0.6) is 0 Å². The van der Waals surface area contributed by atoms with E-state index in [-0.39, 0.29) is 18.2 Å². The van der Waals surface area contributed by atoms with Crippen LogP contribution in [0.2, 0.25) is 19.6 Å². The van der Waals surface area contributed by atoms with Gasteiger partial charge in [-0.05, 0) is 46.8 Å². The third-order valence-corrected chi connectivity index (χ3v) is 4.08. The van der Waals surface area contributed by atoms with Crippen molar-refractivity contribution < 1.29 is 23.4 Å². The summed E-state index contributed by atoms with van der Waals surface area (Å²) in [5.74, 6) is -0.779. The molecular weight excluding hydrogens is 300 g/mol. The third-order valence-electron chi connectivity index (χ3n) is 3.05. The molecule has 0 aromatic rings. The van der Waals surface area contributed by atoms with E-state index in [1.165, 1.54) is 0 Å². The molecular formula is C16H30O5Si. The molecule has 0 saturated carbocycles. The van der Waals surface area contributed by atoms with Crippen LogP contribution in [-0.4, -0.2) is 45.5 Å². The Morgan fingerprint density at radius 3 is 2.55 bits per heavy atom. The predicted molar refractivity (Wildman–Crippen MR) is 88.1 cm³/mol. The first-order valence-corrected chi connectivity index (χ1v) is 11.4. The van der Waals surface area contributed by atoms with Crippen LogP contribution >= 0.6 is 0 Å². The SMILES string of the molecule is CCOC(=O)CCC=CC1OC(C)(C)OC1CO[Si](C)(C)C. The Bertz CT molecular complexity index is 386. The Kier molecular flexibility index (Phi) is 7.25. The molecule has 22 heavy (non-hydrogen) atoms. The molecule has 0 aliphatic carbocycles. The molecule has 1 heterocycles. The topological polar surface area (TPSA) is 54.0 Å². The van der Waals surface area contributed by atoms with Crippen LogP contribution in [0.4, 0.5) is 0 Å². The molecule has 128 valence electrons. The summed E-state index contributed by atoms with van der Waals surface area (Å²) in [6.07, 6.45) is 4.69. The molecule has 0 aromatic heterocycles. The highest BCUT2D eigenvalue weighted by atomic mass is 28.4. The van der Waals surface area contributed by atoms with Gasteiger partial charge < -0.3 is 18.6 Å². The normalized spacial score (nSPS) is 24.8. The average molecular weight is 330 g/mol. The molecule has 6 heteroatoms. The largest absolute Gasteiger partial charge is 0.466 e. The molecule has 0 N–H and O–H groups in total. The summed E-state index contributed by atoms with van der Waals surface area (Å²) < 4.78 is 22.6. The number of esters is 1. The molecule has 1 fully saturated rings. The summed E-state index contributed by atoms with van der Waals surface area (Å²) in [5.41, 5.74) is 0.